The maximum atomic E-state index is 6.08. The van der Waals surface area contributed by atoms with E-state index < -0.39 is 0 Å². The van der Waals surface area contributed by atoms with Crippen molar-refractivity contribution in [2.45, 2.75) is 0 Å². The highest BCUT2D eigenvalue weighted by Crippen LogP contribution is 2.40. The second kappa shape index (κ2) is 13.2. The molecule has 0 saturated carbocycles. The van der Waals surface area contributed by atoms with Crippen LogP contribution < -0.4 is 9.80 Å². The highest BCUT2D eigenvalue weighted by Gasteiger charge is 2.17. The van der Waals surface area contributed by atoms with Gasteiger partial charge >= 0.3 is 0 Å². The van der Waals surface area contributed by atoms with Crippen molar-refractivity contribution in [1.82, 2.24) is 4.98 Å². The maximum absolute atomic E-state index is 6.08. The standard InChI is InChI=1S/C47H33N3O/c1-3-13-39(14-4-1)49(40-15-5-2-6-16-40)43-29-31-44(32-30-43)50(42-27-23-36(24-28-42)47-48-45-17-9-10-18-46(45)51-47)41-25-21-35(22-26-41)38-20-19-34-11-7-8-12-37(34)33-38/h1-33H. The first-order valence-corrected chi connectivity index (χ1v) is 17.1. The summed E-state index contributed by atoms with van der Waals surface area (Å²) in [5.74, 6) is 0.611. The Hall–Kier alpha value is -6.91. The quantitative estimate of drug-likeness (QED) is 0.163. The summed E-state index contributed by atoms with van der Waals surface area (Å²) in [5.41, 5.74) is 11.4. The van der Waals surface area contributed by atoms with Crippen LogP contribution in [-0.4, -0.2) is 4.98 Å². The van der Waals surface area contributed by atoms with Gasteiger partial charge < -0.3 is 14.2 Å². The Morgan fingerprint density at radius 2 is 0.765 bits per heavy atom. The molecule has 0 aliphatic rings. The number of nitrogens with zero attached hydrogens (tertiary/aromatic N) is 3. The van der Waals surface area contributed by atoms with E-state index in [9.17, 15) is 0 Å². The first-order chi connectivity index (χ1) is 25.3. The van der Waals surface area contributed by atoms with Crippen molar-refractivity contribution in [1.29, 1.82) is 0 Å². The Morgan fingerprint density at radius 1 is 0.333 bits per heavy atom. The van der Waals surface area contributed by atoms with Crippen LogP contribution in [0, 0.1) is 0 Å². The van der Waals surface area contributed by atoms with Crippen molar-refractivity contribution < 1.29 is 4.42 Å². The zero-order valence-corrected chi connectivity index (χ0v) is 27.8. The highest BCUT2D eigenvalue weighted by atomic mass is 16.3. The first kappa shape index (κ1) is 30.2. The van der Waals surface area contributed by atoms with E-state index in [0.29, 0.717) is 5.89 Å². The molecule has 0 saturated heterocycles. The molecule has 0 fully saturated rings. The highest BCUT2D eigenvalue weighted by molar-refractivity contribution is 5.88. The fraction of sp³-hybridized carbons (Fsp3) is 0. The van der Waals surface area contributed by atoms with E-state index in [1.165, 1.54) is 21.9 Å². The van der Waals surface area contributed by atoms with E-state index in [1.54, 1.807) is 0 Å². The molecule has 0 bridgehead atoms. The van der Waals surface area contributed by atoms with Gasteiger partial charge in [-0.2, -0.15) is 0 Å². The molecule has 4 heteroatoms. The SMILES string of the molecule is c1ccc(N(c2ccccc2)c2ccc(N(c3ccc(-c4ccc5ccccc5c4)cc3)c3ccc(-c4nc5ccccc5o4)cc3)cc2)cc1. The van der Waals surface area contributed by atoms with Gasteiger partial charge in [0.2, 0.25) is 5.89 Å². The number of aromatic nitrogens is 1. The van der Waals surface area contributed by atoms with E-state index in [-0.39, 0.29) is 0 Å². The third-order valence-electron chi connectivity index (χ3n) is 9.27. The second-order valence-corrected chi connectivity index (χ2v) is 12.5. The number of benzene rings is 8. The summed E-state index contributed by atoms with van der Waals surface area (Å²) in [6.07, 6.45) is 0. The van der Waals surface area contributed by atoms with Crippen LogP contribution in [0.3, 0.4) is 0 Å². The summed E-state index contributed by atoms with van der Waals surface area (Å²) in [5, 5.41) is 2.48. The average molecular weight is 656 g/mol. The average Bonchev–Trinajstić information content (AvgIpc) is 3.65. The van der Waals surface area contributed by atoms with Crippen LogP contribution in [0.5, 0.6) is 0 Å². The van der Waals surface area contributed by atoms with Crippen molar-refractivity contribution in [3.63, 3.8) is 0 Å². The van der Waals surface area contributed by atoms with Gasteiger partial charge in [-0.1, -0.05) is 97.1 Å². The summed E-state index contributed by atoms with van der Waals surface area (Å²) in [4.78, 5) is 9.29. The minimum atomic E-state index is 0.611. The predicted molar refractivity (Wildman–Crippen MR) is 212 cm³/mol. The molecule has 51 heavy (non-hydrogen) atoms. The molecule has 9 rings (SSSR count). The molecule has 0 aliphatic carbocycles. The van der Waals surface area contributed by atoms with Crippen molar-refractivity contribution >= 4 is 56.0 Å². The van der Waals surface area contributed by atoms with Gasteiger partial charge in [-0.25, -0.2) is 4.98 Å². The van der Waals surface area contributed by atoms with Crippen LogP contribution >= 0.6 is 0 Å². The monoisotopic (exact) mass is 655 g/mol. The lowest BCUT2D eigenvalue weighted by Crippen LogP contribution is -2.12. The lowest BCUT2D eigenvalue weighted by atomic mass is 10.0. The van der Waals surface area contributed by atoms with Gasteiger partial charge in [0.15, 0.2) is 5.58 Å². The number of hydrogen-bond donors (Lipinski definition) is 0. The Balaban J connectivity index is 1.10. The van der Waals surface area contributed by atoms with E-state index >= 15 is 0 Å². The van der Waals surface area contributed by atoms with Crippen LogP contribution in [0.2, 0.25) is 0 Å². The number of fused-ring (bicyclic) bond motifs is 2. The third-order valence-corrected chi connectivity index (χ3v) is 9.27. The molecule has 0 atom stereocenters. The number of para-hydroxylation sites is 4. The zero-order chi connectivity index (χ0) is 34.0. The van der Waals surface area contributed by atoms with Crippen LogP contribution in [-0.2, 0) is 0 Å². The van der Waals surface area contributed by atoms with Gasteiger partial charge in [-0.3, -0.25) is 0 Å². The number of anilines is 6. The van der Waals surface area contributed by atoms with Crippen LogP contribution in [0.4, 0.5) is 34.1 Å². The molecule has 4 nitrogen and oxygen atoms in total. The minimum absolute atomic E-state index is 0.611. The van der Waals surface area contributed by atoms with Gasteiger partial charge in [0.05, 0.1) is 0 Å². The summed E-state index contributed by atoms with van der Waals surface area (Å²) < 4.78 is 6.08. The van der Waals surface area contributed by atoms with Crippen molar-refractivity contribution in [2.75, 3.05) is 9.80 Å². The number of rotatable bonds is 8. The van der Waals surface area contributed by atoms with Crippen LogP contribution in [0.1, 0.15) is 0 Å². The van der Waals surface area contributed by atoms with Crippen molar-refractivity contribution in [3.05, 3.63) is 200 Å². The smallest absolute Gasteiger partial charge is 0.227 e. The molecule has 0 amide bonds. The molecule has 0 radical (unpaired) electrons. The molecule has 9 aromatic rings. The number of oxazole rings is 1. The van der Waals surface area contributed by atoms with Crippen LogP contribution in [0.15, 0.2) is 205 Å². The Kier molecular flexibility index (Phi) is 7.80. The lowest BCUT2D eigenvalue weighted by Gasteiger charge is -2.28. The molecule has 242 valence electrons. The normalized spacial score (nSPS) is 11.1. The Morgan fingerprint density at radius 3 is 1.33 bits per heavy atom. The second-order valence-electron chi connectivity index (χ2n) is 12.5. The summed E-state index contributed by atoms with van der Waals surface area (Å²) in [6, 6.07) is 70.0. The predicted octanol–water partition coefficient (Wildman–Crippen LogP) is 13.3. The van der Waals surface area contributed by atoms with Gasteiger partial charge in [-0.05, 0) is 125 Å². The van der Waals surface area contributed by atoms with Gasteiger partial charge in [0.25, 0.3) is 0 Å². The summed E-state index contributed by atoms with van der Waals surface area (Å²) >= 11 is 0. The molecule has 1 aromatic heterocycles. The Bertz CT molecular complexity index is 2490. The van der Waals surface area contributed by atoms with Gasteiger partial charge in [0.1, 0.15) is 5.52 Å². The topological polar surface area (TPSA) is 32.5 Å². The minimum Gasteiger partial charge on any atom is -0.436 e. The molecule has 0 N–H and O–H groups in total. The summed E-state index contributed by atoms with van der Waals surface area (Å²) in [7, 11) is 0. The van der Waals surface area contributed by atoms with E-state index in [0.717, 1.165) is 50.8 Å². The first-order valence-electron chi connectivity index (χ1n) is 17.1. The van der Waals surface area contributed by atoms with Crippen molar-refractivity contribution in [3.8, 4) is 22.6 Å². The largest absolute Gasteiger partial charge is 0.436 e. The summed E-state index contributed by atoms with van der Waals surface area (Å²) in [6.45, 7) is 0. The van der Waals surface area contributed by atoms with Crippen LogP contribution in [0.25, 0.3) is 44.5 Å². The van der Waals surface area contributed by atoms with Gasteiger partial charge in [-0.15, -0.1) is 0 Å². The van der Waals surface area contributed by atoms with E-state index in [4.69, 9.17) is 9.40 Å². The molecular weight excluding hydrogens is 623 g/mol. The van der Waals surface area contributed by atoms with E-state index in [2.05, 4.69) is 186 Å². The van der Waals surface area contributed by atoms with E-state index in [1.807, 2.05) is 24.3 Å². The Labute approximate surface area is 297 Å². The molecule has 0 unspecified atom stereocenters. The molecule has 0 spiro atoms. The lowest BCUT2D eigenvalue weighted by molar-refractivity contribution is 0.620. The third kappa shape index (κ3) is 6.00. The number of hydrogen-bond acceptors (Lipinski definition) is 4. The molecule has 1 heterocycles. The fourth-order valence-corrected chi connectivity index (χ4v) is 6.72. The van der Waals surface area contributed by atoms with Crippen molar-refractivity contribution in [2.24, 2.45) is 0 Å². The molecule has 8 aromatic carbocycles. The maximum Gasteiger partial charge on any atom is 0.227 e. The fourth-order valence-electron chi connectivity index (χ4n) is 6.72. The van der Waals surface area contributed by atoms with Gasteiger partial charge in [0, 0.05) is 39.7 Å². The molecule has 0 aliphatic heterocycles. The molecular formula is C47H33N3O. The zero-order valence-electron chi connectivity index (χ0n) is 27.8.